The molecule has 3 heterocycles. The number of amides is 2. The maximum absolute atomic E-state index is 13.2. The molecule has 2 aromatic heterocycles. The number of thiazole rings is 1. The van der Waals surface area contributed by atoms with E-state index in [0.29, 0.717) is 41.4 Å². The molecule has 1 aromatic carbocycles. The van der Waals surface area contributed by atoms with E-state index in [9.17, 15) is 22.8 Å². The summed E-state index contributed by atoms with van der Waals surface area (Å²) >= 11 is 1.46. The van der Waals surface area contributed by atoms with E-state index in [1.54, 1.807) is 57.0 Å². The van der Waals surface area contributed by atoms with Crippen LogP contribution < -0.4 is 10.1 Å². The fraction of sp³-hybridized carbons (Fsp3) is 0.444. The first kappa shape index (κ1) is 29.2. The van der Waals surface area contributed by atoms with E-state index in [0.717, 1.165) is 17.3 Å². The van der Waals surface area contributed by atoms with Gasteiger partial charge in [0.1, 0.15) is 22.5 Å². The normalized spacial score (nSPS) is 16.5. The molecule has 0 saturated carbocycles. The lowest BCUT2D eigenvalue weighted by Crippen LogP contribution is -2.36. The van der Waals surface area contributed by atoms with Crippen molar-refractivity contribution in [2.45, 2.75) is 65.0 Å². The van der Waals surface area contributed by atoms with E-state index in [4.69, 9.17) is 9.47 Å². The fourth-order valence-corrected chi connectivity index (χ4v) is 4.74. The molecule has 1 N–H and O–H groups in total. The van der Waals surface area contributed by atoms with Crippen LogP contribution in [0.15, 0.2) is 36.8 Å². The largest absolute Gasteiger partial charge is 0.488 e. The Morgan fingerprint density at radius 1 is 1.10 bits per heavy atom. The van der Waals surface area contributed by atoms with Crippen LogP contribution >= 0.6 is 11.3 Å². The third-order valence-corrected chi connectivity index (χ3v) is 6.87. The molecule has 0 bridgehead atoms. The number of halogens is 3. The number of aromatic nitrogens is 3. The number of carbonyl (C=O) groups is 2. The summed E-state index contributed by atoms with van der Waals surface area (Å²) in [5, 5.41) is 3.47. The highest BCUT2D eigenvalue weighted by atomic mass is 32.1. The molecule has 1 fully saturated rings. The van der Waals surface area contributed by atoms with Crippen molar-refractivity contribution in [1.82, 2.24) is 25.2 Å². The van der Waals surface area contributed by atoms with Crippen LogP contribution in [-0.4, -0.2) is 56.6 Å². The van der Waals surface area contributed by atoms with Crippen LogP contribution in [-0.2, 0) is 10.9 Å². The molecular weight excluding hydrogens is 547 g/mol. The highest BCUT2D eigenvalue weighted by Crippen LogP contribution is 2.31. The SMILES string of the molecule is Cc1cnc(-c2cc(O[C@H]3CCN(C(=O)OC(C)(C)C)C3)cc(C(=O)N[C@H](C)c3cnc(C(F)(F)F)nc3)c2)s1. The molecule has 2 amide bonds. The Morgan fingerprint density at radius 2 is 1.80 bits per heavy atom. The van der Waals surface area contributed by atoms with Gasteiger partial charge in [-0.15, -0.1) is 11.3 Å². The smallest absolute Gasteiger partial charge is 0.451 e. The van der Waals surface area contributed by atoms with Crippen molar-refractivity contribution >= 4 is 23.3 Å². The van der Waals surface area contributed by atoms with Crippen LogP contribution in [0.5, 0.6) is 5.75 Å². The van der Waals surface area contributed by atoms with E-state index in [1.165, 1.54) is 11.3 Å². The Hall–Kier alpha value is -3.74. The number of hydrogen-bond donors (Lipinski definition) is 1. The average Bonchev–Trinajstić information content (AvgIpc) is 3.51. The molecule has 40 heavy (non-hydrogen) atoms. The maximum Gasteiger partial charge on any atom is 0.451 e. The van der Waals surface area contributed by atoms with Gasteiger partial charge in [-0.2, -0.15) is 13.2 Å². The highest BCUT2D eigenvalue weighted by molar-refractivity contribution is 7.14. The van der Waals surface area contributed by atoms with Crippen LogP contribution in [0.1, 0.15) is 66.8 Å². The van der Waals surface area contributed by atoms with Crippen molar-refractivity contribution in [3.8, 4) is 16.3 Å². The molecule has 0 aliphatic carbocycles. The molecule has 9 nitrogen and oxygen atoms in total. The monoisotopic (exact) mass is 577 g/mol. The molecular formula is C27H30F3N5O4S. The molecule has 1 saturated heterocycles. The van der Waals surface area contributed by atoms with Crippen LogP contribution in [0, 0.1) is 6.92 Å². The molecule has 0 unspecified atom stereocenters. The first-order chi connectivity index (χ1) is 18.7. The van der Waals surface area contributed by atoms with Crippen molar-refractivity contribution in [2.24, 2.45) is 0 Å². The van der Waals surface area contributed by atoms with Crippen LogP contribution in [0.2, 0.25) is 0 Å². The minimum Gasteiger partial charge on any atom is -0.488 e. The van der Waals surface area contributed by atoms with Gasteiger partial charge in [-0.3, -0.25) is 4.79 Å². The lowest BCUT2D eigenvalue weighted by molar-refractivity contribution is -0.145. The number of ether oxygens (including phenoxy) is 2. The first-order valence-electron chi connectivity index (χ1n) is 12.6. The summed E-state index contributed by atoms with van der Waals surface area (Å²) in [5.74, 6) is -1.29. The fourth-order valence-electron chi connectivity index (χ4n) is 3.99. The Balaban J connectivity index is 1.52. The van der Waals surface area contributed by atoms with Gasteiger partial charge >= 0.3 is 12.3 Å². The van der Waals surface area contributed by atoms with E-state index in [-0.39, 0.29) is 11.7 Å². The van der Waals surface area contributed by atoms with Crippen molar-refractivity contribution in [3.05, 3.63) is 58.6 Å². The molecule has 3 aromatic rings. The standard InChI is InChI=1S/C27H30F3N5O4S/c1-15-11-31-23(40-15)18-8-17(22(36)34-16(2)19-12-32-24(33-13-19)27(28,29)30)9-21(10-18)38-20-6-7-35(14-20)25(37)39-26(3,4)5/h8-13,16,20H,6-7,14H2,1-5H3,(H,34,36)/t16-,20+/m1/s1. The van der Waals surface area contributed by atoms with E-state index < -0.39 is 35.6 Å². The van der Waals surface area contributed by atoms with E-state index >= 15 is 0 Å². The van der Waals surface area contributed by atoms with Gasteiger partial charge in [-0.25, -0.2) is 19.7 Å². The van der Waals surface area contributed by atoms with Gasteiger partial charge in [0.15, 0.2) is 0 Å². The number of nitrogens with zero attached hydrogens (tertiary/aromatic N) is 4. The highest BCUT2D eigenvalue weighted by Gasteiger charge is 2.34. The number of carbonyl (C=O) groups excluding carboxylic acids is 2. The van der Waals surface area contributed by atoms with Crippen LogP contribution in [0.3, 0.4) is 0 Å². The summed E-state index contributed by atoms with van der Waals surface area (Å²) in [4.78, 5) is 39.4. The number of aryl methyl sites for hydroxylation is 1. The number of rotatable bonds is 6. The summed E-state index contributed by atoms with van der Waals surface area (Å²) in [5.41, 5.74) is 0.662. The quantitative estimate of drug-likeness (QED) is 0.394. The Morgan fingerprint density at radius 3 is 2.40 bits per heavy atom. The summed E-state index contributed by atoms with van der Waals surface area (Å²) in [6, 6.07) is 4.39. The zero-order valence-corrected chi connectivity index (χ0v) is 23.5. The Labute approximate surface area is 233 Å². The van der Waals surface area contributed by atoms with Crippen LogP contribution in [0.25, 0.3) is 10.6 Å². The molecule has 2 atom stereocenters. The Bertz CT molecular complexity index is 1370. The van der Waals surface area contributed by atoms with Crippen molar-refractivity contribution in [3.63, 3.8) is 0 Å². The summed E-state index contributed by atoms with van der Waals surface area (Å²) in [6.07, 6.45) is -0.963. The minimum atomic E-state index is -4.65. The first-order valence-corrected chi connectivity index (χ1v) is 13.4. The van der Waals surface area contributed by atoms with Gasteiger partial charge in [0.25, 0.3) is 5.91 Å². The molecule has 13 heteroatoms. The van der Waals surface area contributed by atoms with Gasteiger partial charge in [0.2, 0.25) is 5.82 Å². The molecule has 214 valence electrons. The van der Waals surface area contributed by atoms with Crippen molar-refractivity contribution in [2.75, 3.05) is 13.1 Å². The molecule has 0 radical (unpaired) electrons. The molecule has 0 spiro atoms. The maximum atomic E-state index is 13.2. The third kappa shape index (κ3) is 7.46. The van der Waals surface area contributed by atoms with Gasteiger partial charge in [-0.1, -0.05) is 0 Å². The molecule has 1 aliphatic rings. The molecule has 4 rings (SSSR count). The van der Waals surface area contributed by atoms with Crippen LogP contribution in [0.4, 0.5) is 18.0 Å². The zero-order chi connectivity index (χ0) is 29.2. The number of alkyl halides is 3. The summed E-state index contributed by atoms with van der Waals surface area (Å²) in [7, 11) is 0. The topological polar surface area (TPSA) is 107 Å². The summed E-state index contributed by atoms with van der Waals surface area (Å²) < 4.78 is 50.1. The van der Waals surface area contributed by atoms with Gasteiger partial charge < -0.3 is 19.7 Å². The average molecular weight is 578 g/mol. The minimum absolute atomic E-state index is 0.280. The number of nitrogens with one attached hydrogen (secondary N) is 1. The zero-order valence-electron chi connectivity index (χ0n) is 22.7. The second-order valence-electron chi connectivity index (χ2n) is 10.5. The van der Waals surface area contributed by atoms with Gasteiger partial charge in [0, 0.05) is 53.1 Å². The van der Waals surface area contributed by atoms with E-state index in [2.05, 4.69) is 20.3 Å². The van der Waals surface area contributed by atoms with Gasteiger partial charge in [0.05, 0.1) is 12.6 Å². The lowest BCUT2D eigenvalue weighted by Gasteiger charge is -2.24. The second-order valence-corrected chi connectivity index (χ2v) is 11.7. The number of hydrogen-bond acceptors (Lipinski definition) is 8. The van der Waals surface area contributed by atoms with Crippen molar-refractivity contribution in [1.29, 1.82) is 0 Å². The van der Waals surface area contributed by atoms with Crippen molar-refractivity contribution < 1.29 is 32.2 Å². The molecule has 1 aliphatic heterocycles. The second kappa shape index (κ2) is 11.4. The predicted octanol–water partition coefficient (Wildman–Crippen LogP) is 5.81. The van der Waals surface area contributed by atoms with Gasteiger partial charge in [-0.05, 0) is 52.8 Å². The number of likely N-dealkylation sites (tertiary alicyclic amines) is 1. The number of benzene rings is 1. The summed E-state index contributed by atoms with van der Waals surface area (Å²) in [6.45, 7) is 9.77. The Kier molecular flexibility index (Phi) is 8.33. The third-order valence-electron chi connectivity index (χ3n) is 5.91. The predicted molar refractivity (Wildman–Crippen MR) is 142 cm³/mol. The lowest BCUT2D eigenvalue weighted by atomic mass is 10.1. The van der Waals surface area contributed by atoms with E-state index in [1.807, 2.05) is 6.92 Å².